The SMILES string of the molecule is CCOc1ccc([C@@H]2COC(=O)N2)cc1OC.Cl. The zero-order chi connectivity index (χ0) is 12.3. The molecular formula is C12H16ClNO4. The lowest BCUT2D eigenvalue weighted by atomic mass is 10.1. The molecule has 1 heterocycles. The monoisotopic (exact) mass is 273 g/mol. The molecular weight excluding hydrogens is 258 g/mol. The van der Waals surface area contributed by atoms with Crippen LogP contribution >= 0.6 is 12.4 Å². The summed E-state index contributed by atoms with van der Waals surface area (Å²) in [5, 5.41) is 2.72. The van der Waals surface area contributed by atoms with Crippen molar-refractivity contribution in [2.75, 3.05) is 20.3 Å². The summed E-state index contributed by atoms with van der Waals surface area (Å²) in [6.07, 6.45) is -0.386. The van der Waals surface area contributed by atoms with E-state index in [-0.39, 0.29) is 24.5 Å². The van der Waals surface area contributed by atoms with Gasteiger partial charge in [-0.1, -0.05) is 6.07 Å². The Hall–Kier alpha value is -1.62. The molecule has 6 heteroatoms. The van der Waals surface area contributed by atoms with Crippen LogP contribution in [0.2, 0.25) is 0 Å². The Morgan fingerprint density at radius 2 is 2.22 bits per heavy atom. The highest BCUT2D eigenvalue weighted by molar-refractivity contribution is 5.85. The minimum Gasteiger partial charge on any atom is -0.493 e. The molecule has 1 N–H and O–H groups in total. The van der Waals surface area contributed by atoms with E-state index in [2.05, 4.69) is 5.32 Å². The van der Waals surface area contributed by atoms with E-state index in [1.807, 2.05) is 25.1 Å². The molecule has 1 atom stereocenters. The van der Waals surface area contributed by atoms with Crippen LogP contribution in [0, 0.1) is 0 Å². The van der Waals surface area contributed by atoms with E-state index in [1.54, 1.807) is 7.11 Å². The summed E-state index contributed by atoms with van der Waals surface area (Å²) < 4.78 is 15.5. The van der Waals surface area contributed by atoms with Crippen LogP contribution in [-0.2, 0) is 4.74 Å². The summed E-state index contributed by atoms with van der Waals surface area (Å²) in [5.41, 5.74) is 0.941. The molecule has 1 amide bonds. The first-order valence-corrected chi connectivity index (χ1v) is 5.48. The van der Waals surface area contributed by atoms with E-state index in [9.17, 15) is 4.79 Å². The predicted molar refractivity (Wildman–Crippen MR) is 68.6 cm³/mol. The van der Waals surface area contributed by atoms with Crippen molar-refractivity contribution in [2.24, 2.45) is 0 Å². The van der Waals surface area contributed by atoms with Gasteiger partial charge in [-0.3, -0.25) is 0 Å². The highest BCUT2D eigenvalue weighted by Crippen LogP contribution is 2.31. The molecule has 0 aromatic heterocycles. The fourth-order valence-electron chi connectivity index (χ4n) is 1.74. The van der Waals surface area contributed by atoms with Crippen LogP contribution in [0.4, 0.5) is 4.79 Å². The molecule has 2 rings (SSSR count). The zero-order valence-electron chi connectivity index (χ0n) is 10.3. The molecule has 5 nitrogen and oxygen atoms in total. The van der Waals surface area contributed by atoms with Gasteiger partial charge in [0.25, 0.3) is 0 Å². The first kappa shape index (κ1) is 14.4. The van der Waals surface area contributed by atoms with Gasteiger partial charge in [0, 0.05) is 0 Å². The highest BCUT2D eigenvalue weighted by Gasteiger charge is 2.24. The van der Waals surface area contributed by atoms with Gasteiger partial charge in [0.05, 0.1) is 19.8 Å². The Labute approximate surface area is 112 Å². The largest absolute Gasteiger partial charge is 0.493 e. The van der Waals surface area contributed by atoms with Crippen molar-refractivity contribution in [1.82, 2.24) is 5.32 Å². The summed E-state index contributed by atoms with van der Waals surface area (Å²) in [7, 11) is 1.59. The molecule has 0 bridgehead atoms. The lowest BCUT2D eigenvalue weighted by molar-refractivity contribution is 0.177. The average molecular weight is 274 g/mol. The van der Waals surface area contributed by atoms with E-state index in [0.717, 1.165) is 5.56 Å². The number of nitrogens with one attached hydrogen (secondary N) is 1. The zero-order valence-corrected chi connectivity index (χ0v) is 11.1. The molecule has 0 unspecified atom stereocenters. The molecule has 0 spiro atoms. The van der Waals surface area contributed by atoms with Crippen molar-refractivity contribution in [3.05, 3.63) is 23.8 Å². The number of cyclic esters (lactones) is 1. The van der Waals surface area contributed by atoms with Gasteiger partial charge in [-0.2, -0.15) is 0 Å². The van der Waals surface area contributed by atoms with Crippen molar-refractivity contribution in [1.29, 1.82) is 0 Å². The van der Waals surface area contributed by atoms with E-state index in [4.69, 9.17) is 14.2 Å². The van der Waals surface area contributed by atoms with Gasteiger partial charge in [-0.05, 0) is 24.6 Å². The third-order valence-electron chi connectivity index (χ3n) is 2.56. The molecule has 1 saturated heterocycles. The molecule has 100 valence electrons. The molecule has 18 heavy (non-hydrogen) atoms. The number of ether oxygens (including phenoxy) is 3. The number of carbonyl (C=O) groups excluding carboxylic acids is 1. The van der Waals surface area contributed by atoms with Crippen molar-refractivity contribution in [3.8, 4) is 11.5 Å². The quantitative estimate of drug-likeness (QED) is 0.914. The Kier molecular flexibility index (Phi) is 5.09. The Morgan fingerprint density at radius 3 is 2.78 bits per heavy atom. The molecule has 0 aliphatic carbocycles. The fourth-order valence-corrected chi connectivity index (χ4v) is 1.74. The predicted octanol–water partition coefficient (Wildman–Crippen LogP) is 2.30. The van der Waals surface area contributed by atoms with E-state index in [1.165, 1.54) is 0 Å². The number of carbonyl (C=O) groups is 1. The Bertz CT molecular complexity index is 425. The van der Waals surface area contributed by atoms with Crippen molar-refractivity contribution in [2.45, 2.75) is 13.0 Å². The van der Waals surface area contributed by atoms with Crippen LogP contribution < -0.4 is 14.8 Å². The number of amides is 1. The third kappa shape index (κ3) is 2.98. The second-order valence-electron chi connectivity index (χ2n) is 3.64. The van der Waals surface area contributed by atoms with Crippen molar-refractivity contribution >= 4 is 18.5 Å². The Morgan fingerprint density at radius 1 is 1.44 bits per heavy atom. The number of halogens is 1. The van der Waals surface area contributed by atoms with Gasteiger partial charge in [0.15, 0.2) is 11.5 Å². The van der Waals surface area contributed by atoms with Gasteiger partial charge in [-0.25, -0.2) is 4.79 Å². The maximum atomic E-state index is 11.0. The number of hydrogen-bond acceptors (Lipinski definition) is 4. The fraction of sp³-hybridized carbons (Fsp3) is 0.417. The second-order valence-corrected chi connectivity index (χ2v) is 3.64. The number of hydrogen-bond donors (Lipinski definition) is 1. The topological polar surface area (TPSA) is 56.8 Å². The molecule has 0 radical (unpaired) electrons. The summed E-state index contributed by atoms with van der Waals surface area (Å²) in [6, 6.07) is 5.46. The second kappa shape index (κ2) is 6.35. The van der Waals surface area contributed by atoms with Gasteiger partial charge in [-0.15, -0.1) is 12.4 Å². The van der Waals surface area contributed by atoms with Crippen LogP contribution in [0.3, 0.4) is 0 Å². The summed E-state index contributed by atoms with van der Waals surface area (Å²) in [6.45, 7) is 2.84. The average Bonchev–Trinajstić information content (AvgIpc) is 2.77. The maximum absolute atomic E-state index is 11.0. The van der Waals surface area contributed by atoms with E-state index in [0.29, 0.717) is 24.7 Å². The van der Waals surface area contributed by atoms with Crippen LogP contribution in [0.25, 0.3) is 0 Å². The lowest BCUT2D eigenvalue weighted by Gasteiger charge is -2.13. The molecule has 1 fully saturated rings. The third-order valence-corrected chi connectivity index (χ3v) is 2.56. The first-order valence-electron chi connectivity index (χ1n) is 5.48. The van der Waals surface area contributed by atoms with Crippen LogP contribution in [0.15, 0.2) is 18.2 Å². The van der Waals surface area contributed by atoms with Crippen LogP contribution in [-0.4, -0.2) is 26.4 Å². The molecule has 1 aliphatic rings. The minimum atomic E-state index is -0.386. The minimum absolute atomic E-state index is 0. The summed E-state index contributed by atoms with van der Waals surface area (Å²) in [5.74, 6) is 1.36. The van der Waals surface area contributed by atoms with Gasteiger partial charge < -0.3 is 19.5 Å². The Balaban J connectivity index is 0.00000162. The lowest BCUT2D eigenvalue weighted by Crippen LogP contribution is -2.18. The summed E-state index contributed by atoms with van der Waals surface area (Å²) >= 11 is 0. The van der Waals surface area contributed by atoms with Crippen LogP contribution in [0.5, 0.6) is 11.5 Å². The number of methoxy groups -OCH3 is 1. The normalized spacial score (nSPS) is 17.4. The molecule has 0 saturated carbocycles. The van der Waals surface area contributed by atoms with E-state index >= 15 is 0 Å². The smallest absolute Gasteiger partial charge is 0.407 e. The maximum Gasteiger partial charge on any atom is 0.407 e. The summed E-state index contributed by atoms with van der Waals surface area (Å²) in [4.78, 5) is 11.0. The van der Waals surface area contributed by atoms with Crippen LogP contribution in [0.1, 0.15) is 18.5 Å². The molecule has 1 aromatic rings. The highest BCUT2D eigenvalue weighted by atomic mass is 35.5. The van der Waals surface area contributed by atoms with Gasteiger partial charge in [0.1, 0.15) is 6.61 Å². The number of alkyl carbamates (subject to hydrolysis) is 1. The van der Waals surface area contributed by atoms with Crippen molar-refractivity contribution in [3.63, 3.8) is 0 Å². The van der Waals surface area contributed by atoms with E-state index < -0.39 is 0 Å². The number of benzene rings is 1. The number of rotatable bonds is 4. The van der Waals surface area contributed by atoms with Crippen molar-refractivity contribution < 1.29 is 19.0 Å². The first-order chi connectivity index (χ1) is 8.24. The molecule has 1 aromatic carbocycles. The molecule has 1 aliphatic heterocycles. The van der Waals surface area contributed by atoms with Gasteiger partial charge in [0.2, 0.25) is 0 Å². The van der Waals surface area contributed by atoms with Gasteiger partial charge >= 0.3 is 6.09 Å². The standard InChI is InChI=1S/C12H15NO4.ClH/c1-3-16-10-5-4-8(6-11(10)15-2)9-7-17-12(14)13-9;/h4-6,9H,3,7H2,1-2H3,(H,13,14);1H/t9-;/m0./s1.